The lowest BCUT2D eigenvalue weighted by Crippen LogP contribution is -2.40. The first kappa shape index (κ1) is 28.6. The third kappa shape index (κ3) is 6.06. The van der Waals surface area contributed by atoms with E-state index in [4.69, 9.17) is 21.3 Å². The second kappa shape index (κ2) is 11.9. The van der Waals surface area contributed by atoms with E-state index in [1.54, 1.807) is 28.8 Å². The standard InChI is InChI=1S/C33H32ClN3O3S/c1-19(2)22-11-13-23(14-12-22)30-29(31(38)36-26-9-7-6-8-10-26)21(5)35-33-37(30)32(39)28(41-33)18-24-17-25(34)15-16-27(24)40-20(3)4/h6-20,30H,1-5H3,(H,36,38)/b28-18+/t30-/m0/s1. The number of fused-ring (bicyclic) bond motifs is 1. The van der Waals surface area contributed by atoms with Crippen LogP contribution in [0.1, 0.15) is 63.3 Å². The SMILES string of the molecule is CC1=C(C(=O)Nc2ccccc2)[C@H](c2ccc(C(C)C)cc2)n2c(s/c(=C/c3cc(Cl)ccc3OC(C)C)c2=O)=N1. The average Bonchev–Trinajstić information content (AvgIpc) is 3.23. The minimum atomic E-state index is -0.649. The van der Waals surface area contributed by atoms with E-state index >= 15 is 0 Å². The molecule has 0 unspecified atom stereocenters. The van der Waals surface area contributed by atoms with E-state index in [1.165, 1.54) is 16.9 Å². The maximum Gasteiger partial charge on any atom is 0.271 e. The van der Waals surface area contributed by atoms with Crippen LogP contribution >= 0.6 is 22.9 Å². The number of allylic oxidation sites excluding steroid dienone is 1. The highest BCUT2D eigenvalue weighted by atomic mass is 35.5. The van der Waals surface area contributed by atoms with E-state index in [9.17, 15) is 9.59 Å². The van der Waals surface area contributed by atoms with Crippen molar-refractivity contribution in [1.82, 2.24) is 4.57 Å². The monoisotopic (exact) mass is 585 g/mol. The van der Waals surface area contributed by atoms with Crippen LogP contribution in [-0.2, 0) is 4.79 Å². The number of carbonyl (C=O) groups excluding carboxylic acids is 1. The van der Waals surface area contributed by atoms with Crippen LogP contribution in [0.4, 0.5) is 5.69 Å². The molecular formula is C33H32ClN3O3S. The number of benzene rings is 3. The summed E-state index contributed by atoms with van der Waals surface area (Å²) in [5.74, 6) is 0.686. The summed E-state index contributed by atoms with van der Waals surface area (Å²) in [6, 6.07) is 22.1. The maximum absolute atomic E-state index is 14.1. The van der Waals surface area contributed by atoms with Gasteiger partial charge in [0, 0.05) is 16.3 Å². The lowest BCUT2D eigenvalue weighted by Gasteiger charge is -2.25. The van der Waals surface area contributed by atoms with Gasteiger partial charge in [-0.25, -0.2) is 4.99 Å². The maximum atomic E-state index is 14.1. The predicted molar refractivity (Wildman–Crippen MR) is 167 cm³/mol. The molecule has 5 rings (SSSR count). The molecule has 1 aliphatic heterocycles. The highest BCUT2D eigenvalue weighted by Crippen LogP contribution is 2.32. The van der Waals surface area contributed by atoms with E-state index in [2.05, 4.69) is 31.3 Å². The average molecular weight is 586 g/mol. The van der Waals surface area contributed by atoms with Gasteiger partial charge in [0.15, 0.2) is 4.80 Å². The Morgan fingerprint density at radius 1 is 1.05 bits per heavy atom. The second-order valence-electron chi connectivity index (χ2n) is 10.6. The molecule has 2 heterocycles. The van der Waals surface area contributed by atoms with E-state index in [0.717, 1.165) is 5.56 Å². The number of amides is 1. The van der Waals surface area contributed by atoms with Gasteiger partial charge >= 0.3 is 0 Å². The zero-order valence-corrected chi connectivity index (χ0v) is 25.2. The van der Waals surface area contributed by atoms with Crippen molar-refractivity contribution >= 4 is 40.6 Å². The Bertz CT molecular complexity index is 1800. The molecule has 210 valence electrons. The quantitative estimate of drug-likeness (QED) is 0.271. The van der Waals surface area contributed by atoms with Gasteiger partial charge in [0.25, 0.3) is 11.5 Å². The van der Waals surface area contributed by atoms with Gasteiger partial charge in [0.1, 0.15) is 5.75 Å². The largest absolute Gasteiger partial charge is 0.490 e. The summed E-state index contributed by atoms with van der Waals surface area (Å²) in [6.45, 7) is 9.98. The van der Waals surface area contributed by atoms with Gasteiger partial charge in [0.05, 0.1) is 27.9 Å². The Kier molecular flexibility index (Phi) is 8.29. The van der Waals surface area contributed by atoms with Gasteiger partial charge in [0.2, 0.25) is 0 Å². The van der Waals surface area contributed by atoms with Gasteiger partial charge in [-0.2, -0.15) is 0 Å². The molecule has 0 bridgehead atoms. The van der Waals surface area contributed by atoms with Crippen molar-refractivity contribution in [3.05, 3.63) is 125 Å². The zero-order valence-electron chi connectivity index (χ0n) is 23.6. The molecule has 1 atom stereocenters. The summed E-state index contributed by atoms with van der Waals surface area (Å²) in [5, 5.41) is 3.53. The number of hydrogen-bond acceptors (Lipinski definition) is 5. The Labute approximate surface area is 248 Å². The highest BCUT2D eigenvalue weighted by molar-refractivity contribution is 7.07. The van der Waals surface area contributed by atoms with Crippen LogP contribution in [0.3, 0.4) is 0 Å². The molecule has 1 aromatic heterocycles. The number of thiazole rings is 1. The Hall–Kier alpha value is -3.94. The van der Waals surface area contributed by atoms with Gasteiger partial charge in [-0.05, 0) is 74.2 Å². The second-order valence-corrected chi connectivity index (χ2v) is 12.0. The van der Waals surface area contributed by atoms with Crippen LogP contribution in [0.25, 0.3) is 6.08 Å². The number of rotatable bonds is 7. The molecule has 41 heavy (non-hydrogen) atoms. The third-order valence-electron chi connectivity index (χ3n) is 6.84. The first-order valence-corrected chi connectivity index (χ1v) is 14.8. The predicted octanol–water partition coefficient (Wildman–Crippen LogP) is 6.44. The molecule has 1 N–H and O–H groups in total. The molecule has 1 aliphatic rings. The molecule has 8 heteroatoms. The molecule has 4 aromatic rings. The summed E-state index contributed by atoms with van der Waals surface area (Å²) < 4.78 is 8.08. The van der Waals surface area contributed by atoms with Crippen molar-refractivity contribution in [3.63, 3.8) is 0 Å². The van der Waals surface area contributed by atoms with E-state index in [-0.39, 0.29) is 17.6 Å². The lowest BCUT2D eigenvalue weighted by molar-refractivity contribution is -0.113. The number of halogens is 1. The molecule has 1 amide bonds. The third-order valence-corrected chi connectivity index (χ3v) is 8.06. The molecule has 6 nitrogen and oxygen atoms in total. The van der Waals surface area contributed by atoms with Crippen LogP contribution in [0, 0.1) is 0 Å². The van der Waals surface area contributed by atoms with Crippen LogP contribution in [0.15, 0.2) is 93.9 Å². The molecule has 0 saturated heterocycles. The summed E-state index contributed by atoms with van der Waals surface area (Å²) in [6.07, 6.45) is 1.74. The van der Waals surface area contributed by atoms with Gasteiger partial charge < -0.3 is 10.1 Å². The molecule has 0 saturated carbocycles. The van der Waals surface area contributed by atoms with Crippen molar-refractivity contribution in [2.45, 2.75) is 52.7 Å². The van der Waals surface area contributed by atoms with Crippen LogP contribution in [0.5, 0.6) is 5.75 Å². The number of ether oxygens (including phenoxy) is 1. The van der Waals surface area contributed by atoms with Gasteiger partial charge in [-0.15, -0.1) is 0 Å². The Balaban J connectivity index is 1.68. The summed E-state index contributed by atoms with van der Waals surface area (Å²) in [4.78, 5) is 33.1. The molecule has 0 aliphatic carbocycles. The van der Waals surface area contributed by atoms with Crippen molar-refractivity contribution in [1.29, 1.82) is 0 Å². The van der Waals surface area contributed by atoms with Gasteiger partial charge in [-0.1, -0.05) is 79.2 Å². The highest BCUT2D eigenvalue weighted by Gasteiger charge is 2.32. The molecular weight excluding hydrogens is 554 g/mol. The molecule has 3 aromatic carbocycles. The number of nitrogens with one attached hydrogen (secondary N) is 1. The number of carbonyl (C=O) groups is 1. The van der Waals surface area contributed by atoms with E-state index in [1.807, 2.05) is 63.2 Å². The lowest BCUT2D eigenvalue weighted by atomic mass is 9.93. The van der Waals surface area contributed by atoms with Crippen molar-refractivity contribution < 1.29 is 9.53 Å². The first-order chi connectivity index (χ1) is 19.6. The topological polar surface area (TPSA) is 72.7 Å². The molecule has 0 spiro atoms. The molecule has 0 radical (unpaired) electrons. The van der Waals surface area contributed by atoms with Crippen molar-refractivity contribution in [2.75, 3.05) is 5.32 Å². The Morgan fingerprint density at radius 3 is 2.41 bits per heavy atom. The smallest absolute Gasteiger partial charge is 0.271 e. The van der Waals surface area contributed by atoms with E-state index in [0.29, 0.717) is 48.5 Å². The summed E-state index contributed by atoms with van der Waals surface area (Å²) in [5.41, 5.74) is 4.14. The zero-order chi connectivity index (χ0) is 29.3. The van der Waals surface area contributed by atoms with Crippen LogP contribution < -0.4 is 24.9 Å². The summed E-state index contributed by atoms with van der Waals surface area (Å²) >= 11 is 7.59. The summed E-state index contributed by atoms with van der Waals surface area (Å²) in [7, 11) is 0. The number of hydrogen-bond donors (Lipinski definition) is 1. The fraction of sp³-hybridized carbons (Fsp3) is 0.242. The fourth-order valence-electron chi connectivity index (χ4n) is 4.84. The normalized spacial score (nSPS) is 15.2. The van der Waals surface area contributed by atoms with Crippen LogP contribution in [0.2, 0.25) is 5.02 Å². The number of para-hydroxylation sites is 1. The Morgan fingerprint density at radius 2 is 1.76 bits per heavy atom. The first-order valence-electron chi connectivity index (χ1n) is 13.6. The van der Waals surface area contributed by atoms with Crippen molar-refractivity contribution in [2.24, 2.45) is 4.99 Å². The van der Waals surface area contributed by atoms with Gasteiger partial charge in [-0.3, -0.25) is 14.2 Å². The number of nitrogens with zero attached hydrogens (tertiary/aromatic N) is 2. The van der Waals surface area contributed by atoms with Crippen molar-refractivity contribution in [3.8, 4) is 5.75 Å². The van der Waals surface area contributed by atoms with Crippen LogP contribution in [-0.4, -0.2) is 16.6 Å². The minimum absolute atomic E-state index is 0.0494. The number of aromatic nitrogens is 1. The van der Waals surface area contributed by atoms with E-state index < -0.39 is 6.04 Å². The fourth-order valence-corrected chi connectivity index (χ4v) is 6.06. The number of anilines is 1. The minimum Gasteiger partial charge on any atom is -0.490 e. The molecule has 0 fully saturated rings.